The Bertz CT molecular complexity index is 1060. The topological polar surface area (TPSA) is 103 Å². The molecule has 1 atom stereocenters. The summed E-state index contributed by atoms with van der Waals surface area (Å²) in [4.78, 5) is 38.1. The number of carbonyl (C=O) groups excluding carboxylic acids is 3. The van der Waals surface area contributed by atoms with E-state index in [-0.39, 0.29) is 36.7 Å². The monoisotopic (exact) mass is 488 g/mol. The van der Waals surface area contributed by atoms with E-state index in [4.69, 9.17) is 14.2 Å². The van der Waals surface area contributed by atoms with Gasteiger partial charge in [-0.25, -0.2) is 14.0 Å². The molecular weight excluding hydrogens is 463 g/mol. The average molecular weight is 489 g/mol. The van der Waals surface area contributed by atoms with Gasteiger partial charge >= 0.3 is 18.0 Å². The first-order valence-electron chi connectivity index (χ1n) is 10.6. The first-order valence-corrected chi connectivity index (χ1v) is 11.6. The molecule has 0 saturated carbocycles. The van der Waals surface area contributed by atoms with Crippen molar-refractivity contribution in [3.63, 3.8) is 0 Å². The van der Waals surface area contributed by atoms with Crippen LogP contribution in [0.15, 0.2) is 64.7 Å². The van der Waals surface area contributed by atoms with E-state index in [2.05, 4.69) is 10.6 Å². The van der Waals surface area contributed by atoms with Gasteiger partial charge in [-0.2, -0.15) is 0 Å². The SMILES string of the molecule is CCOC(=O)C1=C(COC(=O)CCSc2ccc(F)cc2)NC(=O)NC1c1ccc(OC)cc1. The van der Waals surface area contributed by atoms with Crippen molar-refractivity contribution < 1.29 is 33.0 Å². The van der Waals surface area contributed by atoms with Crippen LogP contribution < -0.4 is 15.4 Å². The minimum Gasteiger partial charge on any atom is -0.497 e. The lowest BCUT2D eigenvalue weighted by molar-refractivity contribution is -0.143. The molecular formula is C24H25FN2O6S. The molecule has 1 unspecified atom stereocenters. The lowest BCUT2D eigenvalue weighted by atomic mass is 9.95. The molecule has 2 amide bonds. The minimum absolute atomic E-state index is 0.0954. The highest BCUT2D eigenvalue weighted by molar-refractivity contribution is 7.99. The molecule has 0 saturated heterocycles. The van der Waals surface area contributed by atoms with Crippen LogP contribution in [-0.4, -0.2) is 44.0 Å². The van der Waals surface area contributed by atoms with Gasteiger partial charge < -0.3 is 24.8 Å². The van der Waals surface area contributed by atoms with E-state index in [1.54, 1.807) is 43.3 Å². The lowest BCUT2D eigenvalue weighted by Gasteiger charge is -2.29. The van der Waals surface area contributed by atoms with E-state index in [0.717, 1.165) is 4.90 Å². The number of amides is 2. The van der Waals surface area contributed by atoms with Gasteiger partial charge in [0, 0.05) is 10.6 Å². The molecule has 0 aromatic heterocycles. The van der Waals surface area contributed by atoms with Crippen LogP contribution in [0, 0.1) is 5.82 Å². The number of thioether (sulfide) groups is 1. The Morgan fingerprint density at radius 3 is 2.41 bits per heavy atom. The fourth-order valence-electron chi connectivity index (χ4n) is 3.24. The van der Waals surface area contributed by atoms with Gasteiger partial charge in [0.05, 0.1) is 37.4 Å². The number of carbonyl (C=O) groups is 3. The van der Waals surface area contributed by atoms with Gasteiger partial charge in [0.15, 0.2) is 0 Å². The Morgan fingerprint density at radius 1 is 1.06 bits per heavy atom. The van der Waals surface area contributed by atoms with Crippen molar-refractivity contribution in [3.05, 3.63) is 71.2 Å². The fraction of sp³-hybridized carbons (Fsp3) is 0.292. The summed E-state index contributed by atoms with van der Waals surface area (Å²) < 4.78 is 28.7. The summed E-state index contributed by atoms with van der Waals surface area (Å²) in [6.45, 7) is 1.52. The Hall–Kier alpha value is -3.53. The molecule has 2 N–H and O–H groups in total. The van der Waals surface area contributed by atoms with Gasteiger partial charge in [0.25, 0.3) is 0 Å². The van der Waals surface area contributed by atoms with Crippen LogP contribution in [-0.2, 0) is 19.1 Å². The van der Waals surface area contributed by atoms with E-state index in [9.17, 15) is 18.8 Å². The first-order chi connectivity index (χ1) is 16.4. The third-order valence-corrected chi connectivity index (χ3v) is 5.88. The number of rotatable bonds is 10. The van der Waals surface area contributed by atoms with Crippen molar-refractivity contribution in [3.8, 4) is 5.75 Å². The number of benzene rings is 2. The molecule has 0 bridgehead atoms. The number of hydrogen-bond donors (Lipinski definition) is 2. The van der Waals surface area contributed by atoms with E-state index >= 15 is 0 Å². The number of urea groups is 1. The highest BCUT2D eigenvalue weighted by Crippen LogP contribution is 2.29. The van der Waals surface area contributed by atoms with Crippen molar-refractivity contribution in [1.82, 2.24) is 10.6 Å². The lowest BCUT2D eigenvalue weighted by Crippen LogP contribution is -2.47. The number of nitrogens with one attached hydrogen (secondary N) is 2. The van der Waals surface area contributed by atoms with E-state index < -0.39 is 24.0 Å². The second-order valence-electron chi connectivity index (χ2n) is 7.13. The van der Waals surface area contributed by atoms with Crippen molar-refractivity contribution in [2.75, 3.05) is 26.1 Å². The zero-order valence-electron chi connectivity index (χ0n) is 18.8. The molecule has 2 aromatic rings. The van der Waals surface area contributed by atoms with Crippen LogP contribution >= 0.6 is 11.8 Å². The third kappa shape index (κ3) is 6.74. The molecule has 8 nitrogen and oxygen atoms in total. The van der Waals surface area contributed by atoms with Crippen LogP contribution in [0.1, 0.15) is 24.9 Å². The van der Waals surface area contributed by atoms with Gasteiger partial charge in [0.2, 0.25) is 0 Å². The number of halogens is 1. The Labute approximate surface area is 200 Å². The Balaban J connectivity index is 1.70. The third-order valence-electron chi connectivity index (χ3n) is 4.86. The van der Waals surface area contributed by atoms with Crippen LogP contribution in [0.5, 0.6) is 5.75 Å². The maximum absolute atomic E-state index is 13.0. The quantitative estimate of drug-likeness (QED) is 0.388. The van der Waals surface area contributed by atoms with E-state index in [1.807, 2.05) is 0 Å². The first kappa shape index (κ1) is 25.1. The van der Waals surface area contributed by atoms with Crippen LogP contribution in [0.2, 0.25) is 0 Å². The smallest absolute Gasteiger partial charge is 0.338 e. The van der Waals surface area contributed by atoms with E-state index in [0.29, 0.717) is 17.1 Å². The normalized spacial score (nSPS) is 15.3. The van der Waals surface area contributed by atoms with Crippen LogP contribution in [0.4, 0.5) is 9.18 Å². The van der Waals surface area contributed by atoms with Gasteiger partial charge in [-0.1, -0.05) is 12.1 Å². The summed E-state index contributed by atoms with van der Waals surface area (Å²) in [6.07, 6.45) is 0.0954. The standard InChI is InChI=1S/C24H25FN2O6S/c1-3-32-23(29)21-19(14-33-20(28)12-13-34-18-10-6-16(25)7-11-18)26-24(30)27-22(21)15-4-8-17(31-2)9-5-15/h4-11,22H,3,12-14H2,1-2H3,(H2,26,27,30). The highest BCUT2D eigenvalue weighted by atomic mass is 32.2. The van der Waals surface area contributed by atoms with Gasteiger partial charge in [-0.15, -0.1) is 11.8 Å². The Morgan fingerprint density at radius 2 is 1.76 bits per heavy atom. The molecule has 3 rings (SSSR count). The number of ether oxygens (including phenoxy) is 3. The molecule has 34 heavy (non-hydrogen) atoms. The maximum atomic E-state index is 13.0. The highest BCUT2D eigenvalue weighted by Gasteiger charge is 2.34. The summed E-state index contributed by atoms with van der Waals surface area (Å²) >= 11 is 1.39. The van der Waals surface area contributed by atoms with Crippen molar-refractivity contribution in [2.24, 2.45) is 0 Å². The van der Waals surface area contributed by atoms with Crippen molar-refractivity contribution in [1.29, 1.82) is 0 Å². The summed E-state index contributed by atoms with van der Waals surface area (Å²) in [5, 5.41) is 5.27. The van der Waals surface area contributed by atoms with E-state index in [1.165, 1.54) is 31.0 Å². The zero-order chi connectivity index (χ0) is 24.5. The summed E-state index contributed by atoms with van der Waals surface area (Å²) in [5.41, 5.74) is 0.945. The molecule has 1 aliphatic heterocycles. The zero-order valence-corrected chi connectivity index (χ0v) is 19.6. The molecule has 1 heterocycles. The number of hydrogen-bond acceptors (Lipinski definition) is 7. The minimum atomic E-state index is -0.790. The molecule has 2 aromatic carbocycles. The molecule has 10 heteroatoms. The average Bonchev–Trinajstić information content (AvgIpc) is 2.83. The van der Waals surface area contributed by atoms with Gasteiger partial charge in [0.1, 0.15) is 18.2 Å². The molecule has 0 fully saturated rings. The number of methoxy groups -OCH3 is 1. The second-order valence-corrected chi connectivity index (χ2v) is 8.30. The predicted octanol–water partition coefficient (Wildman–Crippen LogP) is 3.73. The molecule has 0 spiro atoms. The van der Waals surface area contributed by atoms with Crippen LogP contribution in [0.25, 0.3) is 0 Å². The summed E-state index contributed by atoms with van der Waals surface area (Å²) in [5.74, 6) is -0.408. The summed E-state index contributed by atoms with van der Waals surface area (Å²) in [7, 11) is 1.54. The predicted molar refractivity (Wildman–Crippen MR) is 124 cm³/mol. The molecule has 0 aliphatic carbocycles. The second kappa shape index (κ2) is 12.1. The van der Waals surface area contributed by atoms with Gasteiger partial charge in [-0.05, 0) is 48.9 Å². The fourth-order valence-corrected chi connectivity index (χ4v) is 4.07. The van der Waals surface area contributed by atoms with Crippen molar-refractivity contribution >= 4 is 29.7 Å². The maximum Gasteiger partial charge on any atom is 0.338 e. The molecule has 1 aliphatic rings. The van der Waals surface area contributed by atoms with Gasteiger partial charge in [-0.3, -0.25) is 4.79 Å². The van der Waals surface area contributed by atoms with Crippen LogP contribution in [0.3, 0.4) is 0 Å². The molecule has 0 radical (unpaired) electrons. The largest absolute Gasteiger partial charge is 0.497 e. The van der Waals surface area contributed by atoms with Crippen molar-refractivity contribution in [2.45, 2.75) is 24.3 Å². The Kier molecular flexibility index (Phi) is 8.92. The number of esters is 2. The molecule has 180 valence electrons. The summed E-state index contributed by atoms with van der Waals surface area (Å²) in [6, 6.07) is 11.5.